The lowest BCUT2D eigenvalue weighted by Gasteiger charge is -2.37. The second kappa shape index (κ2) is 11.1. The van der Waals surface area contributed by atoms with E-state index in [4.69, 9.17) is 9.47 Å². The van der Waals surface area contributed by atoms with Crippen molar-refractivity contribution in [1.82, 2.24) is 5.32 Å². The number of methoxy groups -OCH3 is 2. The van der Waals surface area contributed by atoms with Gasteiger partial charge in [-0.3, -0.25) is 9.59 Å². The van der Waals surface area contributed by atoms with Gasteiger partial charge in [0.05, 0.1) is 14.2 Å². The second-order valence-corrected chi connectivity index (χ2v) is 10.9. The number of anilines is 1. The maximum absolute atomic E-state index is 13.9. The molecule has 39 heavy (non-hydrogen) atoms. The summed E-state index contributed by atoms with van der Waals surface area (Å²) in [6, 6.07) is 21.3. The number of ether oxygens (including phenoxy) is 2. The lowest BCUT2D eigenvalue weighted by Crippen LogP contribution is -2.37. The van der Waals surface area contributed by atoms with Gasteiger partial charge in [0, 0.05) is 45.0 Å². The average molecular weight is 588 g/mol. The number of amides is 1. The number of carbonyl (C=O) groups excluding carboxylic acids is 2. The topological polar surface area (TPSA) is 76.7 Å². The Morgan fingerprint density at radius 1 is 0.923 bits per heavy atom. The number of rotatable bonds is 6. The molecule has 6 nitrogen and oxygen atoms in total. The van der Waals surface area contributed by atoms with Crippen molar-refractivity contribution in [2.75, 3.05) is 19.5 Å². The van der Waals surface area contributed by atoms with E-state index in [0.717, 1.165) is 38.2 Å². The van der Waals surface area contributed by atoms with Crippen LogP contribution in [0.25, 0.3) is 0 Å². The zero-order chi connectivity index (χ0) is 27.7. The first-order chi connectivity index (χ1) is 18.8. The van der Waals surface area contributed by atoms with Crippen molar-refractivity contribution in [1.29, 1.82) is 0 Å². The number of Topliss-reactive ketones (excluding diaryl/α,β-unsaturated/α-hetero) is 1. The zero-order valence-electron chi connectivity index (χ0n) is 22.4. The molecule has 2 aliphatic rings. The molecule has 3 aromatic rings. The number of dihydropyridines is 1. The highest BCUT2D eigenvalue weighted by Crippen LogP contribution is 2.46. The van der Waals surface area contributed by atoms with Crippen molar-refractivity contribution in [3.8, 4) is 11.5 Å². The van der Waals surface area contributed by atoms with Crippen LogP contribution in [-0.2, 0) is 9.59 Å². The smallest absolute Gasteiger partial charge is 0.254 e. The van der Waals surface area contributed by atoms with Gasteiger partial charge in [-0.15, -0.1) is 0 Å². The maximum atomic E-state index is 13.9. The van der Waals surface area contributed by atoms with Gasteiger partial charge in [0.25, 0.3) is 5.91 Å². The number of halogens is 1. The molecular formula is C32H31BrN2O4. The Bertz CT molecular complexity index is 1520. The molecule has 1 heterocycles. The number of aryl methyl sites for hydroxylation is 1. The largest absolute Gasteiger partial charge is 0.493 e. The molecule has 200 valence electrons. The van der Waals surface area contributed by atoms with Crippen molar-refractivity contribution in [2.24, 2.45) is 0 Å². The summed E-state index contributed by atoms with van der Waals surface area (Å²) in [5.74, 6) is 0.584. The minimum atomic E-state index is -0.485. The number of hydrogen-bond acceptors (Lipinski definition) is 5. The van der Waals surface area contributed by atoms with Crippen LogP contribution in [0, 0.1) is 6.92 Å². The van der Waals surface area contributed by atoms with E-state index in [9.17, 15) is 9.59 Å². The van der Waals surface area contributed by atoms with Crippen LogP contribution < -0.4 is 20.1 Å². The lowest BCUT2D eigenvalue weighted by molar-refractivity contribution is -0.116. The Kier molecular flexibility index (Phi) is 7.62. The average Bonchev–Trinajstić information content (AvgIpc) is 2.92. The molecule has 0 saturated carbocycles. The van der Waals surface area contributed by atoms with Crippen LogP contribution in [0.2, 0.25) is 0 Å². The molecule has 0 radical (unpaired) electrons. The van der Waals surface area contributed by atoms with Crippen molar-refractivity contribution in [2.45, 2.75) is 38.5 Å². The molecular weight excluding hydrogens is 556 g/mol. The van der Waals surface area contributed by atoms with Crippen molar-refractivity contribution >= 4 is 33.3 Å². The van der Waals surface area contributed by atoms with Gasteiger partial charge in [0.1, 0.15) is 0 Å². The van der Waals surface area contributed by atoms with E-state index in [1.54, 1.807) is 14.2 Å². The van der Waals surface area contributed by atoms with Crippen LogP contribution in [0.1, 0.15) is 48.3 Å². The number of carbonyl (C=O) groups is 2. The SMILES string of the molecule is COc1ccc([C@H]2CC(=O)C3=C(C2)NC(C)=C(C(=O)Nc2ccccc2C)[C@@H]3c2cccc(Br)c2)cc1OC. The fraction of sp³-hybridized carbons (Fsp3) is 0.250. The van der Waals surface area contributed by atoms with Crippen molar-refractivity contribution in [3.05, 3.63) is 110 Å². The molecule has 7 heteroatoms. The van der Waals surface area contributed by atoms with Crippen LogP contribution in [0.4, 0.5) is 5.69 Å². The highest BCUT2D eigenvalue weighted by molar-refractivity contribution is 9.10. The molecule has 0 aromatic heterocycles. The highest BCUT2D eigenvalue weighted by Gasteiger charge is 2.41. The maximum Gasteiger partial charge on any atom is 0.254 e. The Labute approximate surface area is 237 Å². The van der Waals surface area contributed by atoms with Gasteiger partial charge in [-0.05, 0) is 73.2 Å². The monoisotopic (exact) mass is 586 g/mol. The van der Waals surface area contributed by atoms with Gasteiger partial charge >= 0.3 is 0 Å². The van der Waals surface area contributed by atoms with Crippen LogP contribution in [-0.4, -0.2) is 25.9 Å². The van der Waals surface area contributed by atoms with Gasteiger partial charge in [-0.25, -0.2) is 0 Å². The third kappa shape index (κ3) is 5.23. The van der Waals surface area contributed by atoms with Crippen molar-refractivity contribution < 1.29 is 19.1 Å². The fourth-order valence-corrected chi connectivity index (χ4v) is 6.02. The molecule has 0 unspecified atom stereocenters. The summed E-state index contributed by atoms with van der Waals surface area (Å²) in [6.45, 7) is 3.87. The summed E-state index contributed by atoms with van der Waals surface area (Å²) < 4.78 is 11.8. The number of allylic oxidation sites excluding steroid dienone is 3. The van der Waals surface area contributed by atoms with Gasteiger partial charge in [0.15, 0.2) is 17.3 Å². The van der Waals surface area contributed by atoms with Crippen LogP contribution in [0.5, 0.6) is 11.5 Å². The van der Waals surface area contributed by atoms with E-state index in [2.05, 4.69) is 26.6 Å². The molecule has 1 aliphatic heterocycles. The van der Waals surface area contributed by atoms with Gasteiger partial charge in [-0.2, -0.15) is 0 Å². The number of hydrogen-bond donors (Lipinski definition) is 2. The molecule has 0 saturated heterocycles. The molecule has 3 aromatic carbocycles. The minimum absolute atomic E-state index is 0.0261. The van der Waals surface area contributed by atoms with E-state index in [0.29, 0.717) is 35.5 Å². The van der Waals surface area contributed by atoms with E-state index in [1.807, 2.05) is 80.6 Å². The standard InChI is InChI=1S/C32H31BrN2O4/c1-18-8-5-6-11-24(18)35-32(37)29-19(2)34-25-15-22(20-12-13-27(38-3)28(17-20)39-4)16-26(36)31(25)30(29)21-9-7-10-23(33)14-21/h5-14,17,22,30,34H,15-16H2,1-4H3,(H,35,37)/t22-,30+/m1/s1. The zero-order valence-corrected chi connectivity index (χ0v) is 24.0. The minimum Gasteiger partial charge on any atom is -0.493 e. The molecule has 5 rings (SSSR count). The Balaban J connectivity index is 1.55. The summed E-state index contributed by atoms with van der Waals surface area (Å²) in [5, 5.41) is 6.54. The molecule has 0 spiro atoms. The summed E-state index contributed by atoms with van der Waals surface area (Å²) >= 11 is 3.58. The second-order valence-electron chi connectivity index (χ2n) is 9.96. The Hall–Kier alpha value is -3.84. The fourth-order valence-electron chi connectivity index (χ4n) is 5.60. The van der Waals surface area contributed by atoms with Crippen molar-refractivity contribution in [3.63, 3.8) is 0 Å². The number of benzene rings is 3. The molecule has 2 atom stereocenters. The van der Waals surface area contributed by atoms with Gasteiger partial charge in [-0.1, -0.05) is 52.3 Å². The van der Waals surface area contributed by atoms with E-state index < -0.39 is 5.92 Å². The highest BCUT2D eigenvalue weighted by atomic mass is 79.9. The van der Waals surface area contributed by atoms with E-state index in [-0.39, 0.29) is 17.6 Å². The van der Waals surface area contributed by atoms with Crippen LogP contribution in [0.3, 0.4) is 0 Å². The molecule has 2 N–H and O–H groups in total. The normalized spacial score (nSPS) is 18.8. The summed E-state index contributed by atoms with van der Waals surface area (Å²) in [6.07, 6.45) is 0.983. The molecule has 1 aliphatic carbocycles. The Morgan fingerprint density at radius 3 is 2.41 bits per heavy atom. The third-order valence-corrected chi connectivity index (χ3v) is 8.02. The number of para-hydroxylation sites is 1. The van der Waals surface area contributed by atoms with Crippen LogP contribution >= 0.6 is 15.9 Å². The number of nitrogens with one attached hydrogen (secondary N) is 2. The molecule has 0 fully saturated rings. The van der Waals surface area contributed by atoms with E-state index >= 15 is 0 Å². The number of ketones is 1. The molecule has 1 amide bonds. The lowest BCUT2D eigenvalue weighted by atomic mass is 9.71. The Morgan fingerprint density at radius 2 is 1.69 bits per heavy atom. The first-order valence-corrected chi connectivity index (χ1v) is 13.7. The van der Waals surface area contributed by atoms with Gasteiger partial charge < -0.3 is 20.1 Å². The predicted molar refractivity (Wildman–Crippen MR) is 156 cm³/mol. The first-order valence-electron chi connectivity index (χ1n) is 12.9. The third-order valence-electron chi connectivity index (χ3n) is 7.53. The first kappa shape index (κ1) is 26.8. The van der Waals surface area contributed by atoms with Gasteiger partial charge in [0.2, 0.25) is 0 Å². The predicted octanol–water partition coefficient (Wildman–Crippen LogP) is 6.78. The summed E-state index contributed by atoms with van der Waals surface area (Å²) in [7, 11) is 3.21. The summed E-state index contributed by atoms with van der Waals surface area (Å²) in [4.78, 5) is 27.7. The summed E-state index contributed by atoms with van der Waals surface area (Å²) in [5.41, 5.74) is 6.44. The molecule has 0 bridgehead atoms. The van der Waals surface area contributed by atoms with Crippen LogP contribution in [0.15, 0.2) is 93.7 Å². The quantitative estimate of drug-likeness (QED) is 0.333. The van der Waals surface area contributed by atoms with E-state index in [1.165, 1.54) is 0 Å².